The molecule has 0 saturated carbocycles. The van der Waals surface area contributed by atoms with E-state index < -0.39 is 0 Å². The summed E-state index contributed by atoms with van der Waals surface area (Å²) in [5.41, 5.74) is 2.01. The number of nitrogens with one attached hydrogen (secondary N) is 2. The summed E-state index contributed by atoms with van der Waals surface area (Å²) in [7, 11) is 11.4. The van der Waals surface area contributed by atoms with Crippen LogP contribution >= 0.6 is 0 Å². The number of rotatable bonds is 6. The first-order chi connectivity index (χ1) is 14.7. The quantitative estimate of drug-likeness (QED) is 0.330. The summed E-state index contributed by atoms with van der Waals surface area (Å²) in [5, 5.41) is 5.58. The average molecular weight is 509 g/mol. The molecule has 0 heterocycles. The largest absolute Gasteiger partial charge is 1.00 e. The molecule has 2 amide bonds. The fraction of sp³-hybridized carbons (Fsp3) is 0.333. The molecule has 0 aliphatic heterocycles. The Labute approximate surface area is 212 Å². The molecule has 2 aromatic rings. The Morgan fingerprint density at radius 1 is 0.618 bits per heavy atom. The second-order valence-electron chi connectivity index (χ2n) is 10.2. The summed E-state index contributed by atoms with van der Waals surface area (Å²) in [4.78, 5) is 50.6. The molecular formula is C24H30Cl2N4O4. The van der Waals surface area contributed by atoms with Gasteiger partial charge in [0.15, 0.2) is 24.7 Å². The minimum Gasteiger partial charge on any atom is -1.00 e. The van der Waals surface area contributed by atoms with Gasteiger partial charge < -0.3 is 44.4 Å². The Hall–Kier alpha value is -2.78. The number of amides is 2. The van der Waals surface area contributed by atoms with E-state index in [1.54, 1.807) is 36.4 Å². The van der Waals surface area contributed by atoms with Gasteiger partial charge in [-0.25, -0.2) is 0 Å². The number of carbonyl (C=O) groups excluding carboxylic acids is 4. The van der Waals surface area contributed by atoms with Crippen LogP contribution in [0.3, 0.4) is 0 Å². The molecule has 0 spiro atoms. The molecule has 0 bridgehead atoms. The lowest BCUT2D eigenvalue weighted by Gasteiger charge is -2.24. The summed E-state index contributed by atoms with van der Waals surface area (Å²) in [6.45, 7) is 0.546. The van der Waals surface area contributed by atoms with Gasteiger partial charge in [-0.3, -0.25) is 19.2 Å². The van der Waals surface area contributed by atoms with Gasteiger partial charge in [0.2, 0.25) is 0 Å². The van der Waals surface area contributed by atoms with Gasteiger partial charge in [0.1, 0.15) is 0 Å². The predicted molar refractivity (Wildman–Crippen MR) is 123 cm³/mol. The second-order valence-corrected chi connectivity index (χ2v) is 10.2. The standard InChI is InChI=1S/C24H28N4O4.2ClH/c1-27(2,3)13-21(29)25-15-7-9-17-19(11-15)23(31)18-10-8-16(12-20(18)24(17)32)26-22(30)14-28(4,5)6;;/h7-12H,13-14H2,1-6H3;2*1H. The molecule has 10 heteroatoms. The topological polar surface area (TPSA) is 92.3 Å². The van der Waals surface area contributed by atoms with Crippen LogP contribution in [0.5, 0.6) is 0 Å². The summed E-state index contributed by atoms with van der Waals surface area (Å²) >= 11 is 0. The lowest BCUT2D eigenvalue weighted by molar-refractivity contribution is -0.861. The number of likely N-dealkylation sites (N-methyl/N-ethyl adjacent to an activating group) is 2. The van der Waals surface area contributed by atoms with Crippen LogP contribution in [0.15, 0.2) is 36.4 Å². The number of halogens is 2. The minimum atomic E-state index is -0.290. The van der Waals surface area contributed by atoms with Crippen molar-refractivity contribution in [3.63, 3.8) is 0 Å². The Kier molecular flexibility index (Phi) is 9.16. The van der Waals surface area contributed by atoms with E-state index in [9.17, 15) is 19.2 Å². The highest BCUT2D eigenvalue weighted by molar-refractivity contribution is 6.29. The first-order valence-corrected chi connectivity index (χ1v) is 10.3. The third kappa shape index (κ3) is 7.11. The van der Waals surface area contributed by atoms with Gasteiger partial charge in [0, 0.05) is 33.6 Å². The zero-order chi connectivity index (χ0) is 23.8. The van der Waals surface area contributed by atoms with Crippen molar-refractivity contribution in [2.75, 3.05) is 66.0 Å². The molecular weight excluding hydrogens is 479 g/mol. The highest BCUT2D eigenvalue weighted by Gasteiger charge is 2.30. The first kappa shape index (κ1) is 29.3. The molecule has 1 aliphatic rings. The third-order valence-corrected chi connectivity index (χ3v) is 4.82. The monoisotopic (exact) mass is 508 g/mol. The van der Waals surface area contributed by atoms with Crippen molar-refractivity contribution in [2.45, 2.75) is 0 Å². The highest BCUT2D eigenvalue weighted by Crippen LogP contribution is 2.31. The summed E-state index contributed by atoms with van der Waals surface area (Å²) in [6.07, 6.45) is 0. The molecule has 1 aliphatic carbocycles. The van der Waals surface area contributed by atoms with Crippen molar-refractivity contribution in [3.05, 3.63) is 58.7 Å². The number of ketones is 2. The lowest BCUT2D eigenvalue weighted by Crippen LogP contribution is -3.00. The zero-order valence-corrected chi connectivity index (χ0v) is 21.7. The fourth-order valence-electron chi connectivity index (χ4n) is 3.57. The van der Waals surface area contributed by atoms with Gasteiger partial charge >= 0.3 is 0 Å². The molecule has 0 aromatic heterocycles. The van der Waals surface area contributed by atoms with E-state index in [1.165, 1.54) is 0 Å². The van der Waals surface area contributed by atoms with Gasteiger partial charge in [-0.2, -0.15) is 0 Å². The third-order valence-electron chi connectivity index (χ3n) is 4.82. The Morgan fingerprint density at radius 2 is 0.941 bits per heavy atom. The van der Waals surface area contributed by atoms with Crippen molar-refractivity contribution in [3.8, 4) is 0 Å². The van der Waals surface area contributed by atoms with E-state index in [0.717, 1.165) is 0 Å². The van der Waals surface area contributed by atoms with E-state index in [1.807, 2.05) is 42.3 Å². The van der Waals surface area contributed by atoms with Crippen LogP contribution in [0.4, 0.5) is 11.4 Å². The molecule has 2 N–H and O–H groups in total. The van der Waals surface area contributed by atoms with E-state index in [2.05, 4.69) is 10.6 Å². The van der Waals surface area contributed by atoms with Crippen LogP contribution < -0.4 is 35.4 Å². The van der Waals surface area contributed by atoms with Crippen LogP contribution in [-0.4, -0.2) is 87.7 Å². The number of fused-ring (bicyclic) bond motifs is 2. The fourth-order valence-corrected chi connectivity index (χ4v) is 3.57. The van der Waals surface area contributed by atoms with Gasteiger partial charge in [0.05, 0.1) is 42.3 Å². The molecule has 2 aromatic carbocycles. The molecule has 0 radical (unpaired) electrons. The lowest BCUT2D eigenvalue weighted by atomic mass is 9.83. The van der Waals surface area contributed by atoms with Gasteiger partial charge in [-0.1, -0.05) is 0 Å². The molecule has 0 unspecified atom stereocenters. The van der Waals surface area contributed by atoms with Crippen LogP contribution in [0.25, 0.3) is 0 Å². The van der Waals surface area contributed by atoms with E-state index in [4.69, 9.17) is 0 Å². The van der Waals surface area contributed by atoms with Crippen molar-refractivity contribution in [1.29, 1.82) is 0 Å². The second kappa shape index (κ2) is 10.7. The minimum absolute atomic E-state index is 0. The molecule has 184 valence electrons. The predicted octanol–water partition coefficient (Wildman–Crippen LogP) is -4.24. The smallest absolute Gasteiger partial charge is 0.279 e. The number of carbonyl (C=O) groups is 4. The van der Waals surface area contributed by atoms with Crippen molar-refractivity contribution in [1.82, 2.24) is 0 Å². The molecule has 0 fully saturated rings. The molecule has 8 nitrogen and oxygen atoms in total. The zero-order valence-electron chi connectivity index (χ0n) is 20.2. The summed E-state index contributed by atoms with van der Waals surface area (Å²) in [5.74, 6) is -0.938. The Balaban J connectivity index is 0.00000289. The van der Waals surface area contributed by atoms with Crippen LogP contribution in [0, 0.1) is 0 Å². The van der Waals surface area contributed by atoms with E-state index in [-0.39, 0.29) is 83.5 Å². The van der Waals surface area contributed by atoms with Crippen LogP contribution in [0.2, 0.25) is 0 Å². The van der Waals surface area contributed by atoms with Crippen molar-refractivity contribution >= 4 is 34.8 Å². The maximum Gasteiger partial charge on any atom is 0.279 e. The van der Waals surface area contributed by atoms with Gasteiger partial charge in [-0.15, -0.1) is 0 Å². The summed E-state index contributed by atoms with van der Waals surface area (Å²) in [6, 6.07) is 9.45. The van der Waals surface area contributed by atoms with Crippen molar-refractivity contribution < 1.29 is 53.0 Å². The number of hydrogen-bond donors (Lipinski definition) is 2. The Bertz CT molecular complexity index is 1050. The van der Waals surface area contributed by atoms with Crippen LogP contribution in [0.1, 0.15) is 31.8 Å². The molecule has 34 heavy (non-hydrogen) atoms. The number of hydrogen-bond acceptors (Lipinski definition) is 4. The van der Waals surface area contributed by atoms with Crippen molar-refractivity contribution in [2.24, 2.45) is 0 Å². The number of quaternary nitrogens is 2. The highest BCUT2D eigenvalue weighted by atomic mass is 35.5. The molecule has 3 rings (SSSR count). The SMILES string of the molecule is C[N+](C)(C)CC(=O)Nc1ccc2c(c1)C(=O)c1ccc(NC(=O)C[N+](C)(C)C)cc1C2=O.[Cl-].[Cl-]. The first-order valence-electron chi connectivity index (χ1n) is 10.3. The maximum atomic E-state index is 13.1. The summed E-state index contributed by atoms with van der Waals surface area (Å²) < 4.78 is 0.935. The maximum absolute atomic E-state index is 13.1. The van der Waals surface area contributed by atoms with E-state index >= 15 is 0 Å². The van der Waals surface area contributed by atoms with Crippen LogP contribution in [-0.2, 0) is 9.59 Å². The molecule has 0 saturated heterocycles. The van der Waals surface area contributed by atoms with Gasteiger partial charge in [-0.05, 0) is 36.4 Å². The van der Waals surface area contributed by atoms with Gasteiger partial charge in [0.25, 0.3) is 11.8 Å². The number of nitrogens with zero attached hydrogens (tertiary/aromatic N) is 2. The molecule has 0 atom stereocenters. The Morgan fingerprint density at radius 3 is 1.24 bits per heavy atom. The average Bonchev–Trinajstić information content (AvgIpc) is 2.63. The normalized spacial score (nSPS) is 12.5. The number of benzene rings is 2. The van der Waals surface area contributed by atoms with E-state index in [0.29, 0.717) is 20.3 Å². The number of anilines is 2.